The largest absolute Gasteiger partial charge is 0.480 e. The molecule has 7 heteroatoms. The zero-order chi connectivity index (χ0) is 16.0. The van der Waals surface area contributed by atoms with Crippen LogP contribution in [0.3, 0.4) is 0 Å². The highest BCUT2D eigenvalue weighted by molar-refractivity contribution is 7.88. The van der Waals surface area contributed by atoms with Crippen LogP contribution in [0.25, 0.3) is 0 Å². The van der Waals surface area contributed by atoms with E-state index in [1.165, 1.54) is 12.1 Å². The minimum Gasteiger partial charge on any atom is -0.480 e. The van der Waals surface area contributed by atoms with Gasteiger partial charge in [-0.05, 0) is 17.5 Å². The van der Waals surface area contributed by atoms with E-state index in [9.17, 15) is 13.2 Å². The fraction of sp³-hybridized carbons (Fsp3) is 0.429. The van der Waals surface area contributed by atoms with E-state index in [-0.39, 0.29) is 11.5 Å². The van der Waals surface area contributed by atoms with Gasteiger partial charge in [0, 0.05) is 0 Å². The zero-order valence-electron chi connectivity index (χ0n) is 11.9. The summed E-state index contributed by atoms with van der Waals surface area (Å²) in [5, 5.41) is 18.1. The average Bonchev–Trinajstić information content (AvgIpc) is 2.44. The van der Waals surface area contributed by atoms with Gasteiger partial charge < -0.3 is 5.11 Å². The summed E-state index contributed by atoms with van der Waals surface area (Å²) in [7, 11) is -3.85. The summed E-state index contributed by atoms with van der Waals surface area (Å²) < 4.78 is 26.4. The predicted octanol–water partition coefficient (Wildman–Crippen LogP) is 1.48. The molecule has 0 saturated heterocycles. The van der Waals surface area contributed by atoms with E-state index < -0.39 is 27.8 Å². The normalized spacial score (nSPS) is 14.1. The van der Waals surface area contributed by atoms with Crippen molar-refractivity contribution in [2.75, 3.05) is 0 Å². The highest BCUT2D eigenvalue weighted by Gasteiger charge is 2.28. The molecule has 1 unspecified atom stereocenters. The Labute approximate surface area is 124 Å². The van der Waals surface area contributed by atoms with Crippen molar-refractivity contribution < 1.29 is 18.3 Å². The molecule has 0 saturated carbocycles. The first-order valence-electron chi connectivity index (χ1n) is 6.51. The van der Waals surface area contributed by atoms with Gasteiger partial charge in [-0.25, -0.2) is 13.1 Å². The molecule has 0 amide bonds. The minimum absolute atomic E-state index is 0.262. The van der Waals surface area contributed by atoms with Gasteiger partial charge in [0.25, 0.3) is 0 Å². The van der Waals surface area contributed by atoms with Crippen LogP contribution in [0.2, 0.25) is 0 Å². The van der Waals surface area contributed by atoms with Crippen molar-refractivity contribution in [1.82, 2.24) is 4.72 Å². The Morgan fingerprint density at radius 1 is 1.43 bits per heavy atom. The van der Waals surface area contributed by atoms with Crippen molar-refractivity contribution in [2.24, 2.45) is 5.92 Å². The van der Waals surface area contributed by atoms with Crippen LogP contribution < -0.4 is 4.72 Å². The molecular weight excluding hydrogens is 292 g/mol. The molecule has 0 radical (unpaired) electrons. The summed E-state index contributed by atoms with van der Waals surface area (Å²) in [5.74, 6) is -1.96. The minimum atomic E-state index is -3.85. The third-order valence-corrected chi connectivity index (χ3v) is 4.57. The number of hydrogen-bond donors (Lipinski definition) is 2. The number of nitriles is 1. The Hall–Kier alpha value is -1.91. The van der Waals surface area contributed by atoms with Crippen molar-refractivity contribution in [3.8, 4) is 6.07 Å². The Bertz CT molecular complexity index is 649. The maximum atomic E-state index is 12.1. The number of aliphatic carboxylic acids is 1. The van der Waals surface area contributed by atoms with E-state index in [4.69, 9.17) is 10.4 Å². The number of carboxylic acid groups (broad SMARTS) is 1. The first kappa shape index (κ1) is 17.1. The molecule has 0 aliphatic rings. The first-order chi connectivity index (χ1) is 9.80. The third kappa shape index (κ3) is 4.85. The van der Waals surface area contributed by atoms with E-state index in [0.29, 0.717) is 12.0 Å². The number of rotatable bonds is 7. The van der Waals surface area contributed by atoms with Gasteiger partial charge in [0.1, 0.15) is 6.04 Å². The highest BCUT2D eigenvalue weighted by atomic mass is 32.2. The van der Waals surface area contributed by atoms with Crippen LogP contribution in [-0.4, -0.2) is 25.5 Å². The summed E-state index contributed by atoms with van der Waals surface area (Å²) in [6.45, 7) is 3.46. The molecule has 1 aromatic carbocycles. The van der Waals surface area contributed by atoms with Crippen LogP contribution in [0.4, 0.5) is 0 Å². The fourth-order valence-corrected chi connectivity index (χ4v) is 3.31. The van der Waals surface area contributed by atoms with E-state index in [1.807, 2.05) is 6.07 Å². The lowest BCUT2D eigenvalue weighted by Gasteiger charge is -2.20. The second kappa shape index (κ2) is 7.20. The second-order valence-corrected chi connectivity index (χ2v) is 6.60. The van der Waals surface area contributed by atoms with Crippen molar-refractivity contribution >= 4 is 16.0 Å². The number of nitrogens with zero attached hydrogens (tertiary/aromatic N) is 1. The van der Waals surface area contributed by atoms with Crippen LogP contribution in [-0.2, 0) is 20.6 Å². The van der Waals surface area contributed by atoms with Gasteiger partial charge >= 0.3 is 5.97 Å². The molecule has 0 aliphatic heterocycles. The van der Waals surface area contributed by atoms with Gasteiger partial charge in [-0.2, -0.15) is 5.26 Å². The highest BCUT2D eigenvalue weighted by Crippen LogP contribution is 2.14. The molecule has 21 heavy (non-hydrogen) atoms. The molecule has 0 spiro atoms. The lowest BCUT2D eigenvalue weighted by molar-refractivity contribution is -0.140. The van der Waals surface area contributed by atoms with Crippen molar-refractivity contribution in [2.45, 2.75) is 32.1 Å². The number of sulfonamides is 1. The van der Waals surface area contributed by atoms with Crippen molar-refractivity contribution in [3.63, 3.8) is 0 Å². The molecule has 2 atom stereocenters. The Morgan fingerprint density at radius 2 is 2.05 bits per heavy atom. The van der Waals surface area contributed by atoms with Crippen LogP contribution in [0.5, 0.6) is 0 Å². The van der Waals surface area contributed by atoms with Crippen LogP contribution in [0.15, 0.2) is 24.3 Å². The number of hydrogen-bond acceptors (Lipinski definition) is 4. The predicted molar refractivity (Wildman–Crippen MR) is 77.8 cm³/mol. The Morgan fingerprint density at radius 3 is 2.57 bits per heavy atom. The maximum Gasteiger partial charge on any atom is 0.322 e. The van der Waals surface area contributed by atoms with Crippen molar-refractivity contribution in [1.29, 1.82) is 5.26 Å². The third-order valence-electron chi connectivity index (χ3n) is 3.27. The summed E-state index contributed by atoms with van der Waals surface area (Å²) in [6, 6.07) is 7.08. The Kier molecular flexibility index (Phi) is 5.88. The number of benzene rings is 1. The van der Waals surface area contributed by atoms with E-state index in [1.54, 1.807) is 26.0 Å². The lowest BCUT2D eigenvalue weighted by Crippen LogP contribution is -2.45. The van der Waals surface area contributed by atoms with E-state index >= 15 is 0 Å². The van der Waals surface area contributed by atoms with Gasteiger partial charge in [0.15, 0.2) is 0 Å². The molecular formula is C14H18N2O4S. The smallest absolute Gasteiger partial charge is 0.322 e. The first-order valence-corrected chi connectivity index (χ1v) is 8.16. The summed E-state index contributed by atoms with van der Waals surface area (Å²) in [4.78, 5) is 11.2. The fourth-order valence-electron chi connectivity index (χ4n) is 1.84. The molecule has 0 bridgehead atoms. The van der Waals surface area contributed by atoms with E-state index in [2.05, 4.69) is 4.72 Å². The molecule has 1 rings (SSSR count). The summed E-state index contributed by atoms with van der Waals surface area (Å²) in [5.41, 5.74) is 0.610. The van der Waals surface area contributed by atoms with Crippen molar-refractivity contribution in [3.05, 3.63) is 35.4 Å². The zero-order valence-corrected chi connectivity index (χ0v) is 12.7. The van der Waals surface area contributed by atoms with Crippen LogP contribution in [0, 0.1) is 17.2 Å². The number of carbonyl (C=O) groups is 1. The number of carboxylic acids is 1. The molecule has 0 heterocycles. The molecule has 0 aromatic heterocycles. The van der Waals surface area contributed by atoms with Gasteiger partial charge in [0.2, 0.25) is 10.0 Å². The summed E-state index contributed by atoms with van der Waals surface area (Å²) in [6.07, 6.45) is 0.536. The Balaban J connectivity index is 2.96. The topological polar surface area (TPSA) is 107 Å². The molecule has 0 fully saturated rings. The lowest BCUT2D eigenvalue weighted by atomic mass is 10.0. The van der Waals surface area contributed by atoms with Crippen LogP contribution >= 0.6 is 0 Å². The molecule has 6 nitrogen and oxygen atoms in total. The van der Waals surface area contributed by atoms with Gasteiger partial charge in [-0.1, -0.05) is 38.5 Å². The standard InChI is InChI=1S/C14H18N2O4S/c1-3-10(2)13(14(17)18)16-21(19,20)9-12-7-5-4-6-11(12)8-15/h4-7,10,13,16H,3,9H2,1-2H3,(H,17,18)/t10?,13-/m0/s1. The SMILES string of the molecule is CCC(C)[C@H](NS(=O)(=O)Cc1ccccc1C#N)C(=O)O. The van der Waals surface area contributed by atoms with E-state index in [0.717, 1.165) is 0 Å². The molecule has 2 N–H and O–H groups in total. The van der Waals surface area contributed by atoms with Gasteiger partial charge in [-0.3, -0.25) is 4.79 Å². The van der Waals surface area contributed by atoms with Crippen LogP contribution in [0.1, 0.15) is 31.4 Å². The number of nitrogens with one attached hydrogen (secondary N) is 1. The second-order valence-electron chi connectivity index (χ2n) is 4.85. The molecule has 0 aliphatic carbocycles. The van der Waals surface area contributed by atoms with Gasteiger partial charge in [-0.15, -0.1) is 0 Å². The average molecular weight is 310 g/mol. The quantitative estimate of drug-likeness (QED) is 0.793. The molecule has 114 valence electrons. The monoisotopic (exact) mass is 310 g/mol. The molecule has 1 aromatic rings. The maximum absolute atomic E-state index is 12.1. The summed E-state index contributed by atoms with van der Waals surface area (Å²) >= 11 is 0. The van der Waals surface area contributed by atoms with Gasteiger partial charge in [0.05, 0.1) is 17.4 Å².